The van der Waals surface area contributed by atoms with Crippen LogP contribution in [0.1, 0.15) is 22.3 Å². The summed E-state index contributed by atoms with van der Waals surface area (Å²) in [6.45, 7) is 4.31. The van der Waals surface area contributed by atoms with Crippen molar-refractivity contribution in [2.75, 3.05) is 0 Å². The first kappa shape index (κ1) is 20.3. The van der Waals surface area contributed by atoms with Gasteiger partial charge in [-0.3, -0.25) is 0 Å². The van der Waals surface area contributed by atoms with Crippen LogP contribution in [0.15, 0.2) is 91.0 Å². The van der Waals surface area contributed by atoms with Crippen molar-refractivity contribution in [1.29, 1.82) is 0 Å². The Morgan fingerprint density at radius 3 is 1.62 bits per heavy atom. The maximum absolute atomic E-state index is 2.18. The van der Waals surface area contributed by atoms with Gasteiger partial charge < -0.3 is 0 Å². The molecule has 0 aliphatic rings. The molecule has 0 unspecified atom stereocenters. The topological polar surface area (TPSA) is 0 Å². The van der Waals surface area contributed by atoms with Crippen molar-refractivity contribution < 1.29 is 21.7 Å². The van der Waals surface area contributed by atoms with Crippen molar-refractivity contribution >= 4 is 10.8 Å². The Hall–Kier alpha value is -2.02. The first-order valence-electron chi connectivity index (χ1n) is 8.93. The minimum absolute atomic E-state index is 0. The zero-order valence-electron chi connectivity index (χ0n) is 15.6. The fourth-order valence-electron chi connectivity index (χ4n) is 3.12. The van der Waals surface area contributed by atoms with Gasteiger partial charge in [0.1, 0.15) is 0 Å². The molecule has 4 aromatic carbocycles. The van der Waals surface area contributed by atoms with Gasteiger partial charge in [-0.25, -0.2) is 0 Å². The van der Waals surface area contributed by atoms with E-state index in [4.69, 9.17) is 0 Å². The molecule has 4 rings (SSSR count). The third-order valence-electron chi connectivity index (χ3n) is 4.64. The molecule has 0 saturated carbocycles. The molecule has 0 aromatic heterocycles. The smallest absolute Gasteiger partial charge is 0 e. The molecule has 1 heteroatoms. The Balaban J connectivity index is 0.000000184. The van der Waals surface area contributed by atoms with Gasteiger partial charge in [-0.1, -0.05) is 79.2 Å². The molecule has 0 atom stereocenters. The minimum Gasteiger partial charge on any atom is -0.168 e. The van der Waals surface area contributed by atoms with Crippen LogP contribution >= 0.6 is 0 Å². The second-order valence-electron chi connectivity index (χ2n) is 6.52. The molecule has 0 saturated heterocycles. The van der Waals surface area contributed by atoms with E-state index in [2.05, 4.69) is 105 Å². The van der Waals surface area contributed by atoms with E-state index >= 15 is 0 Å². The maximum Gasteiger partial charge on any atom is 0 e. The summed E-state index contributed by atoms with van der Waals surface area (Å²) in [6.07, 6.45) is 2.26. The van der Waals surface area contributed by atoms with Crippen LogP contribution in [-0.4, -0.2) is 0 Å². The predicted octanol–water partition coefficient (Wildman–Crippen LogP) is 6.64. The average Bonchev–Trinajstić information content (AvgIpc) is 3.17. The summed E-state index contributed by atoms with van der Waals surface area (Å²) in [5, 5.41) is 2.79. The molecule has 0 spiro atoms. The van der Waals surface area contributed by atoms with Crippen molar-refractivity contribution in [3.8, 4) is 0 Å². The Labute approximate surface area is 172 Å². The van der Waals surface area contributed by atoms with E-state index in [-0.39, 0.29) is 21.7 Å². The number of rotatable bonds is 3. The van der Waals surface area contributed by atoms with Crippen molar-refractivity contribution in [2.24, 2.45) is 0 Å². The van der Waals surface area contributed by atoms with E-state index in [0.717, 1.165) is 12.8 Å². The van der Waals surface area contributed by atoms with Gasteiger partial charge in [0.25, 0.3) is 0 Å². The van der Waals surface area contributed by atoms with Crippen LogP contribution < -0.4 is 0 Å². The number of benzene rings is 3. The molecule has 0 N–H and O–H groups in total. The summed E-state index contributed by atoms with van der Waals surface area (Å²) < 4.78 is 0. The van der Waals surface area contributed by atoms with Crippen molar-refractivity contribution in [3.63, 3.8) is 0 Å². The second kappa shape index (κ2) is 10.2. The van der Waals surface area contributed by atoms with Crippen LogP contribution in [0.25, 0.3) is 10.8 Å². The van der Waals surface area contributed by atoms with E-state index in [1.165, 1.54) is 33.0 Å². The van der Waals surface area contributed by atoms with Crippen LogP contribution in [0.4, 0.5) is 0 Å². The number of aryl methyl sites for hydroxylation is 4. The van der Waals surface area contributed by atoms with Crippen LogP contribution in [0.5, 0.6) is 0 Å². The Kier molecular flexibility index (Phi) is 7.97. The molecule has 0 fully saturated rings. The molecule has 130 valence electrons. The van der Waals surface area contributed by atoms with E-state index in [9.17, 15) is 0 Å². The van der Waals surface area contributed by atoms with Crippen molar-refractivity contribution in [3.05, 3.63) is 113 Å². The van der Waals surface area contributed by atoms with Gasteiger partial charge >= 0.3 is 0 Å². The fraction of sp³-hybridized carbons (Fsp3) is 0.160. The molecule has 0 nitrogen and oxygen atoms in total. The van der Waals surface area contributed by atoms with E-state index in [1.54, 1.807) is 0 Å². The second-order valence-corrected chi connectivity index (χ2v) is 6.52. The van der Waals surface area contributed by atoms with Gasteiger partial charge in [0.05, 0.1) is 0 Å². The number of fused-ring (bicyclic) bond motifs is 1. The molecule has 0 aliphatic carbocycles. The van der Waals surface area contributed by atoms with Crippen LogP contribution in [0.2, 0.25) is 0 Å². The largest absolute Gasteiger partial charge is 0.168 e. The molecule has 0 bridgehead atoms. The average molecular weight is 373 g/mol. The van der Waals surface area contributed by atoms with Gasteiger partial charge in [-0.15, -0.1) is 28.5 Å². The third kappa shape index (κ3) is 5.49. The summed E-state index contributed by atoms with van der Waals surface area (Å²) in [7, 11) is 0. The normalized spacial score (nSPS) is 9.92. The molecule has 4 aromatic rings. The van der Waals surface area contributed by atoms with Gasteiger partial charge in [0.2, 0.25) is 0 Å². The monoisotopic (exact) mass is 373 g/mol. The zero-order valence-corrected chi connectivity index (χ0v) is 17.1. The SMILES string of the molecule is Cc1ccc(C)c2[cH-]ccc12.[Ti].c1ccc(CCc2ccccc2)cc1. The van der Waals surface area contributed by atoms with Gasteiger partial charge in [0.15, 0.2) is 0 Å². The van der Waals surface area contributed by atoms with E-state index in [0.29, 0.717) is 0 Å². The first-order valence-corrected chi connectivity index (χ1v) is 8.93. The number of hydrogen-bond acceptors (Lipinski definition) is 0. The standard InChI is InChI=1S/C14H14.C11H11.Ti/c1-3-7-13(8-4-1)11-12-14-9-5-2-6-10-14;1-8-6-7-9(2)11-5-3-4-10(8)11;/h1-10H,11-12H2;3-7H,1-2H3;/q;-1;. The van der Waals surface area contributed by atoms with E-state index in [1.807, 2.05) is 0 Å². The molecular weight excluding hydrogens is 348 g/mol. The summed E-state index contributed by atoms with van der Waals surface area (Å²) in [4.78, 5) is 0. The van der Waals surface area contributed by atoms with E-state index < -0.39 is 0 Å². The van der Waals surface area contributed by atoms with Gasteiger partial charge in [0, 0.05) is 21.7 Å². The molecule has 0 amide bonds. The molecular formula is C25H25Ti-. The molecule has 0 heterocycles. The maximum atomic E-state index is 2.18. The Bertz CT molecular complexity index is 829. The third-order valence-corrected chi connectivity index (χ3v) is 4.64. The zero-order chi connectivity index (χ0) is 17.5. The summed E-state index contributed by atoms with van der Waals surface area (Å²) in [5.41, 5.74) is 5.57. The van der Waals surface area contributed by atoms with Gasteiger partial charge in [-0.05, 0) is 30.9 Å². The fourth-order valence-corrected chi connectivity index (χ4v) is 3.12. The molecule has 26 heavy (non-hydrogen) atoms. The molecule has 0 radical (unpaired) electrons. The predicted molar refractivity (Wildman–Crippen MR) is 109 cm³/mol. The van der Waals surface area contributed by atoms with Crippen molar-refractivity contribution in [2.45, 2.75) is 26.7 Å². The Morgan fingerprint density at radius 2 is 1.12 bits per heavy atom. The Morgan fingerprint density at radius 1 is 0.615 bits per heavy atom. The molecule has 0 aliphatic heterocycles. The summed E-state index contributed by atoms with van der Waals surface area (Å²) in [6, 6.07) is 32.1. The summed E-state index contributed by atoms with van der Waals surface area (Å²) in [5.74, 6) is 0. The van der Waals surface area contributed by atoms with Gasteiger partial charge in [-0.2, -0.15) is 12.1 Å². The number of hydrogen-bond donors (Lipinski definition) is 0. The van der Waals surface area contributed by atoms with Crippen LogP contribution in [0.3, 0.4) is 0 Å². The quantitative estimate of drug-likeness (QED) is 0.279. The van der Waals surface area contributed by atoms with Crippen molar-refractivity contribution in [1.82, 2.24) is 0 Å². The minimum atomic E-state index is 0. The first-order chi connectivity index (χ1) is 12.2. The summed E-state index contributed by atoms with van der Waals surface area (Å²) >= 11 is 0. The van der Waals surface area contributed by atoms with Crippen LogP contribution in [0, 0.1) is 13.8 Å². The van der Waals surface area contributed by atoms with Crippen LogP contribution in [-0.2, 0) is 34.6 Å².